The monoisotopic (exact) mass is 457 g/mol. The number of halogens is 1. The van der Waals surface area contributed by atoms with Crippen molar-refractivity contribution in [1.29, 1.82) is 0 Å². The molecule has 0 saturated heterocycles. The lowest BCUT2D eigenvalue weighted by Crippen LogP contribution is -2.36. The Morgan fingerprint density at radius 1 is 1.09 bits per heavy atom. The SMILES string of the molecule is COCC(O)CN(Cc1c(C)nn(-c2cccc(Cl)c2)c1Oc1ccccc1)CC(C)C. The van der Waals surface area contributed by atoms with E-state index in [1.165, 1.54) is 0 Å². The van der Waals surface area contributed by atoms with E-state index in [9.17, 15) is 5.11 Å². The quantitative estimate of drug-likeness (QED) is 0.434. The van der Waals surface area contributed by atoms with Gasteiger partial charge < -0.3 is 14.6 Å². The van der Waals surface area contributed by atoms with Gasteiger partial charge in [-0.1, -0.05) is 49.7 Å². The molecule has 0 fully saturated rings. The average Bonchev–Trinajstić information content (AvgIpc) is 3.04. The molecule has 1 N–H and O–H groups in total. The molecule has 3 aromatic rings. The molecule has 1 atom stereocenters. The Balaban J connectivity index is 2.01. The summed E-state index contributed by atoms with van der Waals surface area (Å²) in [4.78, 5) is 2.22. The normalized spacial score (nSPS) is 12.5. The standard InChI is InChI=1S/C25H32ClN3O3/c1-18(2)14-28(15-22(30)17-31-4)16-24-19(3)27-29(21-10-8-9-20(26)13-21)25(24)32-23-11-6-5-7-12-23/h5-13,18,22,30H,14-17H2,1-4H3. The first kappa shape index (κ1) is 24.3. The molecular weight excluding hydrogens is 426 g/mol. The van der Waals surface area contributed by atoms with Gasteiger partial charge in [-0.3, -0.25) is 4.90 Å². The van der Waals surface area contributed by atoms with Crippen LogP contribution < -0.4 is 4.74 Å². The Kier molecular flexibility index (Phi) is 8.70. The lowest BCUT2D eigenvalue weighted by atomic mass is 10.1. The predicted molar refractivity (Wildman–Crippen MR) is 128 cm³/mol. The van der Waals surface area contributed by atoms with Crippen LogP contribution in [0.4, 0.5) is 0 Å². The third-order valence-corrected chi connectivity index (χ3v) is 5.22. The van der Waals surface area contributed by atoms with Crippen LogP contribution in [0.3, 0.4) is 0 Å². The van der Waals surface area contributed by atoms with Crippen LogP contribution in [-0.4, -0.2) is 52.7 Å². The summed E-state index contributed by atoms with van der Waals surface area (Å²) in [6, 6.07) is 17.2. The van der Waals surface area contributed by atoms with Crippen molar-refractivity contribution in [2.45, 2.75) is 33.4 Å². The summed E-state index contributed by atoms with van der Waals surface area (Å²) in [5.41, 5.74) is 2.66. The predicted octanol–water partition coefficient (Wildman–Crippen LogP) is 5.09. The van der Waals surface area contributed by atoms with E-state index in [1.807, 2.05) is 61.5 Å². The van der Waals surface area contributed by atoms with E-state index in [4.69, 9.17) is 26.2 Å². The highest BCUT2D eigenvalue weighted by Crippen LogP contribution is 2.32. The molecular formula is C25H32ClN3O3. The largest absolute Gasteiger partial charge is 0.439 e. The smallest absolute Gasteiger partial charge is 0.227 e. The maximum absolute atomic E-state index is 10.4. The molecule has 0 amide bonds. The minimum absolute atomic E-state index is 0.294. The summed E-state index contributed by atoms with van der Waals surface area (Å²) in [6.45, 7) is 8.52. The summed E-state index contributed by atoms with van der Waals surface area (Å²) in [7, 11) is 1.60. The van der Waals surface area contributed by atoms with Gasteiger partial charge in [0.1, 0.15) is 5.75 Å². The van der Waals surface area contributed by atoms with Crippen LogP contribution in [0.2, 0.25) is 5.02 Å². The molecule has 1 unspecified atom stereocenters. The number of methoxy groups -OCH3 is 1. The van der Waals surface area contributed by atoms with Crippen molar-refractivity contribution in [2.24, 2.45) is 5.92 Å². The van der Waals surface area contributed by atoms with Crippen molar-refractivity contribution < 1.29 is 14.6 Å². The zero-order valence-electron chi connectivity index (χ0n) is 19.2. The van der Waals surface area contributed by atoms with Gasteiger partial charge in [0.15, 0.2) is 0 Å². The molecule has 7 heteroatoms. The van der Waals surface area contributed by atoms with Crippen LogP contribution in [0.25, 0.3) is 5.69 Å². The molecule has 0 radical (unpaired) electrons. The van der Waals surface area contributed by atoms with Crippen LogP contribution in [0.1, 0.15) is 25.1 Å². The Hall–Kier alpha value is -2.38. The van der Waals surface area contributed by atoms with Crippen molar-refractivity contribution in [3.05, 3.63) is 70.9 Å². The average molecular weight is 458 g/mol. The van der Waals surface area contributed by atoms with E-state index >= 15 is 0 Å². The van der Waals surface area contributed by atoms with Gasteiger partial charge in [0.05, 0.1) is 29.7 Å². The molecule has 3 rings (SSSR count). The summed E-state index contributed by atoms with van der Waals surface area (Å²) in [5, 5.41) is 15.8. The lowest BCUT2D eigenvalue weighted by Gasteiger charge is -2.26. The summed E-state index contributed by atoms with van der Waals surface area (Å²) < 4.78 is 13.3. The van der Waals surface area contributed by atoms with E-state index in [0.29, 0.717) is 36.5 Å². The summed E-state index contributed by atoms with van der Waals surface area (Å²) in [5.74, 6) is 1.81. The summed E-state index contributed by atoms with van der Waals surface area (Å²) >= 11 is 6.25. The lowest BCUT2D eigenvalue weighted by molar-refractivity contribution is 0.0329. The number of aryl methyl sites for hydroxylation is 1. The molecule has 1 aromatic heterocycles. The van der Waals surface area contributed by atoms with Gasteiger partial charge >= 0.3 is 0 Å². The van der Waals surface area contributed by atoms with Crippen LogP contribution in [0.15, 0.2) is 54.6 Å². The number of ether oxygens (including phenoxy) is 2. The third kappa shape index (κ3) is 6.56. The third-order valence-electron chi connectivity index (χ3n) is 4.98. The fourth-order valence-electron chi connectivity index (χ4n) is 3.70. The van der Waals surface area contributed by atoms with Crippen LogP contribution in [0, 0.1) is 12.8 Å². The molecule has 0 spiro atoms. The molecule has 2 aromatic carbocycles. The number of aliphatic hydroxyl groups excluding tert-OH is 1. The molecule has 0 aliphatic carbocycles. The molecule has 1 heterocycles. The number of hydrogen-bond acceptors (Lipinski definition) is 5. The van der Waals surface area contributed by atoms with Gasteiger partial charge in [0, 0.05) is 31.8 Å². The number of hydrogen-bond donors (Lipinski definition) is 1. The highest BCUT2D eigenvalue weighted by molar-refractivity contribution is 6.30. The molecule has 172 valence electrons. The van der Waals surface area contributed by atoms with Crippen molar-refractivity contribution in [3.8, 4) is 17.3 Å². The first-order valence-electron chi connectivity index (χ1n) is 10.8. The molecule has 32 heavy (non-hydrogen) atoms. The molecule has 0 aliphatic rings. The van der Waals surface area contributed by atoms with Crippen molar-refractivity contribution in [2.75, 3.05) is 26.8 Å². The number of aliphatic hydroxyl groups is 1. The number of benzene rings is 2. The van der Waals surface area contributed by atoms with E-state index in [2.05, 4.69) is 18.7 Å². The first-order chi connectivity index (χ1) is 15.4. The Labute approximate surface area is 195 Å². The second-order valence-electron chi connectivity index (χ2n) is 8.37. The second-order valence-corrected chi connectivity index (χ2v) is 8.81. The highest BCUT2D eigenvalue weighted by atomic mass is 35.5. The zero-order chi connectivity index (χ0) is 23.1. The Morgan fingerprint density at radius 3 is 2.50 bits per heavy atom. The van der Waals surface area contributed by atoms with Gasteiger partial charge in [0.25, 0.3) is 0 Å². The van der Waals surface area contributed by atoms with E-state index in [0.717, 1.165) is 29.2 Å². The van der Waals surface area contributed by atoms with E-state index < -0.39 is 6.10 Å². The van der Waals surface area contributed by atoms with Gasteiger partial charge in [-0.05, 0) is 43.2 Å². The van der Waals surface area contributed by atoms with Gasteiger partial charge in [-0.15, -0.1) is 0 Å². The topological polar surface area (TPSA) is 59.8 Å². The van der Waals surface area contributed by atoms with Gasteiger partial charge in [-0.2, -0.15) is 5.10 Å². The number of rotatable bonds is 11. The molecule has 0 saturated carbocycles. The van der Waals surface area contributed by atoms with E-state index in [-0.39, 0.29) is 0 Å². The van der Waals surface area contributed by atoms with Crippen molar-refractivity contribution in [1.82, 2.24) is 14.7 Å². The number of nitrogens with zero attached hydrogens (tertiary/aromatic N) is 3. The van der Waals surface area contributed by atoms with Crippen LogP contribution in [-0.2, 0) is 11.3 Å². The molecule has 0 bridgehead atoms. The van der Waals surface area contributed by atoms with Crippen molar-refractivity contribution in [3.63, 3.8) is 0 Å². The van der Waals surface area contributed by atoms with Gasteiger partial charge in [-0.25, -0.2) is 4.68 Å². The summed E-state index contributed by atoms with van der Waals surface area (Å²) in [6.07, 6.45) is -0.569. The van der Waals surface area contributed by atoms with Gasteiger partial charge in [0.2, 0.25) is 5.88 Å². The Bertz CT molecular complexity index is 991. The Morgan fingerprint density at radius 2 is 1.84 bits per heavy atom. The molecule has 0 aliphatic heterocycles. The maximum atomic E-state index is 10.4. The maximum Gasteiger partial charge on any atom is 0.227 e. The highest BCUT2D eigenvalue weighted by Gasteiger charge is 2.23. The second kappa shape index (κ2) is 11.5. The first-order valence-corrected chi connectivity index (χ1v) is 11.2. The molecule has 6 nitrogen and oxygen atoms in total. The van der Waals surface area contributed by atoms with Crippen molar-refractivity contribution >= 4 is 11.6 Å². The number of para-hydroxylation sites is 1. The van der Waals surface area contributed by atoms with Crippen LogP contribution >= 0.6 is 11.6 Å². The van der Waals surface area contributed by atoms with Crippen LogP contribution in [0.5, 0.6) is 11.6 Å². The minimum atomic E-state index is -0.569. The number of aromatic nitrogens is 2. The zero-order valence-corrected chi connectivity index (χ0v) is 19.9. The fourth-order valence-corrected chi connectivity index (χ4v) is 3.88. The fraction of sp³-hybridized carbons (Fsp3) is 0.400. The van der Waals surface area contributed by atoms with E-state index in [1.54, 1.807) is 11.8 Å². The minimum Gasteiger partial charge on any atom is -0.439 e.